The van der Waals surface area contributed by atoms with Gasteiger partial charge in [0.25, 0.3) is 5.91 Å². The molecule has 2 bridgehead atoms. The highest BCUT2D eigenvalue weighted by molar-refractivity contribution is 5.94. The number of piperidine rings is 2. The summed E-state index contributed by atoms with van der Waals surface area (Å²) in [7, 11) is 0. The van der Waals surface area contributed by atoms with Gasteiger partial charge in [-0.1, -0.05) is 43.4 Å². The van der Waals surface area contributed by atoms with Crippen LogP contribution in [0.2, 0.25) is 0 Å². The number of rotatable bonds is 3. The lowest BCUT2D eigenvalue weighted by atomic mass is 9.78. The standard InChI is InChI=1S/C22H32N2O/c1-16-10-12-17(13-11-16)22(25)23-18-14-20-8-5-9-21(15-18)24(20)19-6-3-2-4-7-19/h10-13,18-21H,2-9,14-15H2,1H3,(H,23,25). The van der Waals surface area contributed by atoms with Crippen LogP contribution < -0.4 is 5.32 Å². The predicted octanol–water partition coefficient (Wildman–Crippen LogP) is 4.44. The van der Waals surface area contributed by atoms with Crippen LogP contribution in [-0.4, -0.2) is 35.0 Å². The number of amides is 1. The lowest BCUT2D eigenvalue weighted by Crippen LogP contribution is -2.60. The van der Waals surface area contributed by atoms with Gasteiger partial charge < -0.3 is 5.32 Å². The molecule has 0 radical (unpaired) electrons. The average Bonchev–Trinajstić information content (AvgIpc) is 2.62. The fourth-order valence-corrected chi connectivity index (χ4v) is 5.48. The molecule has 0 spiro atoms. The largest absolute Gasteiger partial charge is 0.349 e. The molecule has 136 valence electrons. The van der Waals surface area contributed by atoms with Crippen LogP contribution in [0.1, 0.15) is 80.1 Å². The zero-order valence-electron chi connectivity index (χ0n) is 15.5. The predicted molar refractivity (Wildman–Crippen MR) is 102 cm³/mol. The molecular formula is C22H32N2O. The molecule has 2 heterocycles. The molecular weight excluding hydrogens is 308 g/mol. The van der Waals surface area contributed by atoms with Gasteiger partial charge in [-0.25, -0.2) is 0 Å². The molecule has 1 aromatic rings. The first kappa shape index (κ1) is 17.1. The Balaban J connectivity index is 1.40. The van der Waals surface area contributed by atoms with Gasteiger partial charge >= 0.3 is 0 Å². The van der Waals surface area contributed by atoms with E-state index in [4.69, 9.17) is 0 Å². The minimum Gasteiger partial charge on any atom is -0.349 e. The third kappa shape index (κ3) is 3.76. The molecule has 1 aromatic carbocycles. The van der Waals surface area contributed by atoms with Gasteiger partial charge in [0.15, 0.2) is 0 Å². The van der Waals surface area contributed by atoms with Gasteiger partial charge in [-0.15, -0.1) is 0 Å². The van der Waals surface area contributed by atoms with Crippen molar-refractivity contribution in [2.45, 2.75) is 95.3 Å². The number of nitrogens with zero attached hydrogens (tertiary/aromatic N) is 1. The first-order chi connectivity index (χ1) is 12.2. The molecule has 0 aromatic heterocycles. The van der Waals surface area contributed by atoms with E-state index in [-0.39, 0.29) is 5.91 Å². The molecule has 3 aliphatic rings. The highest BCUT2D eigenvalue weighted by atomic mass is 16.1. The smallest absolute Gasteiger partial charge is 0.251 e. The Bertz CT molecular complexity index is 577. The van der Waals surface area contributed by atoms with Gasteiger partial charge in [-0.2, -0.15) is 0 Å². The number of carbonyl (C=O) groups excluding carboxylic acids is 1. The van der Waals surface area contributed by atoms with Gasteiger partial charge in [0.2, 0.25) is 0 Å². The molecule has 3 nitrogen and oxygen atoms in total. The van der Waals surface area contributed by atoms with E-state index in [0.717, 1.165) is 24.4 Å². The minimum atomic E-state index is 0.106. The molecule has 2 atom stereocenters. The maximum absolute atomic E-state index is 12.6. The molecule has 4 rings (SSSR count). The maximum Gasteiger partial charge on any atom is 0.251 e. The Kier molecular flexibility index (Phi) is 5.12. The van der Waals surface area contributed by atoms with E-state index in [1.54, 1.807) is 0 Å². The summed E-state index contributed by atoms with van der Waals surface area (Å²) in [5.41, 5.74) is 2.00. The van der Waals surface area contributed by atoms with Gasteiger partial charge in [0.1, 0.15) is 0 Å². The van der Waals surface area contributed by atoms with Gasteiger partial charge in [0.05, 0.1) is 0 Å². The summed E-state index contributed by atoms with van der Waals surface area (Å²) in [6.45, 7) is 2.06. The number of nitrogens with one attached hydrogen (secondary N) is 1. The first-order valence-electron chi connectivity index (χ1n) is 10.4. The normalized spacial score (nSPS) is 30.8. The summed E-state index contributed by atoms with van der Waals surface area (Å²) < 4.78 is 0. The number of aryl methyl sites for hydroxylation is 1. The summed E-state index contributed by atoms with van der Waals surface area (Å²) in [5, 5.41) is 3.34. The highest BCUT2D eigenvalue weighted by Gasteiger charge is 2.41. The maximum atomic E-state index is 12.6. The second-order valence-electron chi connectivity index (χ2n) is 8.49. The molecule has 1 saturated carbocycles. The number of benzene rings is 1. The van der Waals surface area contributed by atoms with Crippen molar-refractivity contribution >= 4 is 5.91 Å². The van der Waals surface area contributed by atoms with Crippen LogP contribution in [0.15, 0.2) is 24.3 Å². The average molecular weight is 341 g/mol. The van der Waals surface area contributed by atoms with Crippen molar-refractivity contribution in [3.05, 3.63) is 35.4 Å². The second kappa shape index (κ2) is 7.49. The van der Waals surface area contributed by atoms with Crippen molar-refractivity contribution in [1.29, 1.82) is 0 Å². The molecule has 1 aliphatic carbocycles. The fraction of sp³-hybridized carbons (Fsp3) is 0.682. The van der Waals surface area contributed by atoms with Crippen molar-refractivity contribution in [3.8, 4) is 0 Å². The number of hydrogen-bond donors (Lipinski definition) is 1. The molecule has 2 saturated heterocycles. The Morgan fingerprint density at radius 1 is 0.880 bits per heavy atom. The quantitative estimate of drug-likeness (QED) is 0.882. The summed E-state index contributed by atoms with van der Waals surface area (Å²) in [5.74, 6) is 0.106. The summed E-state index contributed by atoms with van der Waals surface area (Å²) in [4.78, 5) is 15.5. The van der Waals surface area contributed by atoms with Crippen LogP contribution in [-0.2, 0) is 0 Å². The third-order valence-corrected chi connectivity index (χ3v) is 6.68. The van der Waals surface area contributed by atoms with Crippen molar-refractivity contribution in [1.82, 2.24) is 10.2 Å². The summed E-state index contributed by atoms with van der Waals surface area (Å²) >= 11 is 0. The van der Waals surface area contributed by atoms with E-state index in [1.807, 2.05) is 24.3 Å². The second-order valence-corrected chi connectivity index (χ2v) is 8.49. The molecule has 1 amide bonds. The lowest BCUT2D eigenvalue weighted by Gasteiger charge is -2.53. The van der Waals surface area contributed by atoms with Crippen LogP contribution in [0.3, 0.4) is 0 Å². The number of carbonyl (C=O) groups is 1. The summed E-state index contributed by atoms with van der Waals surface area (Å²) in [6, 6.07) is 10.5. The van der Waals surface area contributed by atoms with Gasteiger partial charge in [-0.05, 0) is 57.6 Å². The van der Waals surface area contributed by atoms with Crippen LogP contribution in [0, 0.1) is 6.92 Å². The van der Waals surface area contributed by atoms with Gasteiger partial charge in [0, 0.05) is 29.7 Å². The van der Waals surface area contributed by atoms with Crippen molar-refractivity contribution < 1.29 is 4.79 Å². The Hall–Kier alpha value is -1.35. The van der Waals surface area contributed by atoms with Crippen LogP contribution in [0.25, 0.3) is 0 Å². The van der Waals surface area contributed by atoms with E-state index in [2.05, 4.69) is 17.1 Å². The monoisotopic (exact) mass is 340 g/mol. The Labute approximate surface area is 152 Å². The Morgan fingerprint density at radius 3 is 2.12 bits per heavy atom. The molecule has 2 aliphatic heterocycles. The van der Waals surface area contributed by atoms with Crippen molar-refractivity contribution in [2.75, 3.05) is 0 Å². The van der Waals surface area contributed by atoms with E-state index < -0.39 is 0 Å². The fourth-order valence-electron chi connectivity index (χ4n) is 5.48. The molecule has 1 N–H and O–H groups in total. The topological polar surface area (TPSA) is 32.3 Å². The zero-order chi connectivity index (χ0) is 17.2. The molecule has 2 unspecified atom stereocenters. The molecule has 25 heavy (non-hydrogen) atoms. The summed E-state index contributed by atoms with van der Waals surface area (Å²) in [6.07, 6.45) is 13.3. The van der Waals surface area contributed by atoms with Crippen LogP contribution >= 0.6 is 0 Å². The van der Waals surface area contributed by atoms with E-state index in [0.29, 0.717) is 18.1 Å². The van der Waals surface area contributed by atoms with Crippen LogP contribution in [0.5, 0.6) is 0 Å². The Morgan fingerprint density at radius 2 is 1.48 bits per heavy atom. The SMILES string of the molecule is Cc1ccc(C(=O)NC2CC3CCCC(C2)N3C2CCCCC2)cc1. The van der Waals surface area contributed by atoms with Crippen LogP contribution in [0.4, 0.5) is 0 Å². The van der Waals surface area contributed by atoms with Crippen molar-refractivity contribution in [3.63, 3.8) is 0 Å². The van der Waals surface area contributed by atoms with Gasteiger partial charge in [-0.3, -0.25) is 9.69 Å². The number of hydrogen-bond acceptors (Lipinski definition) is 2. The molecule has 3 fully saturated rings. The lowest BCUT2D eigenvalue weighted by molar-refractivity contribution is -0.0211. The zero-order valence-corrected chi connectivity index (χ0v) is 15.5. The first-order valence-corrected chi connectivity index (χ1v) is 10.4. The van der Waals surface area contributed by atoms with E-state index in [1.165, 1.54) is 56.9 Å². The number of fused-ring (bicyclic) bond motifs is 2. The minimum absolute atomic E-state index is 0.106. The van der Waals surface area contributed by atoms with E-state index >= 15 is 0 Å². The third-order valence-electron chi connectivity index (χ3n) is 6.68. The molecule has 3 heteroatoms. The highest BCUT2D eigenvalue weighted by Crippen LogP contribution is 2.39. The van der Waals surface area contributed by atoms with E-state index in [9.17, 15) is 4.79 Å². The van der Waals surface area contributed by atoms with Crippen molar-refractivity contribution in [2.24, 2.45) is 0 Å².